The van der Waals surface area contributed by atoms with Gasteiger partial charge in [-0.15, -0.1) is 0 Å². The van der Waals surface area contributed by atoms with Gasteiger partial charge in [-0.05, 0) is 64.0 Å². The van der Waals surface area contributed by atoms with Crippen LogP contribution in [0.1, 0.15) is 79.9 Å². The summed E-state index contributed by atoms with van der Waals surface area (Å²) in [6.45, 7) is 11.8. The van der Waals surface area contributed by atoms with Crippen LogP contribution in [0.5, 0.6) is 0 Å². The molecule has 1 aliphatic rings. The molecule has 1 aliphatic carbocycles. The second-order valence-corrected chi connectivity index (χ2v) is 8.63. The van der Waals surface area contributed by atoms with Crippen molar-refractivity contribution in [1.29, 1.82) is 0 Å². The Hall–Kier alpha value is -1.54. The number of rotatable bonds is 6. The molecule has 1 fully saturated rings. The van der Waals surface area contributed by atoms with Gasteiger partial charge in [-0.2, -0.15) is 0 Å². The van der Waals surface area contributed by atoms with E-state index in [0.717, 1.165) is 35.1 Å². The highest BCUT2D eigenvalue weighted by molar-refractivity contribution is 7.00. The number of aryl methyl sites for hydroxylation is 3. The molecule has 0 aliphatic heterocycles. The molecular formula is C22H33O4P. The molecule has 1 saturated carbocycles. The Balaban J connectivity index is 0.00000176. The van der Waals surface area contributed by atoms with E-state index in [1.807, 2.05) is 46.8 Å². The van der Waals surface area contributed by atoms with Crippen LogP contribution in [-0.4, -0.2) is 16.9 Å². The van der Waals surface area contributed by atoms with E-state index in [1.165, 1.54) is 0 Å². The van der Waals surface area contributed by atoms with Gasteiger partial charge in [-0.25, -0.2) is 0 Å². The smallest absolute Gasteiger partial charge is 0.310 e. The van der Waals surface area contributed by atoms with E-state index in [1.54, 1.807) is 16.0 Å². The molecule has 27 heavy (non-hydrogen) atoms. The van der Waals surface area contributed by atoms with Crippen LogP contribution in [0.15, 0.2) is 12.1 Å². The molecule has 150 valence electrons. The lowest BCUT2D eigenvalue weighted by molar-refractivity contribution is -0.156. The minimum atomic E-state index is -1.03. The van der Waals surface area contributed by atoms with Crippen LogP contribution >= 0.6 is 9.12 Å². The second-order valence-electron chi connectivity index (χ2n) is 8.63. The number of Topliss-reactive ketones (excluding diaryl/α,β-unsaturated/α-hetero) is 1. The standard InChI is InChI=1S/C22H32O3.HOP/c1-14(2)13-21(6,20(24)25)22(9-7-8-10-22)19(23)18-16(4)11-15(3)12-17(18)5;1-2/h11-12,14H,7-10,13H2,1-6H3,(H,24,25);2H. The zero-order valence-electron chi connectivity index (χ0n) is 17.4. The van der Waals surface area contributed by atoms with Crippen LogP contribution < -0.4 is 0 Å². The molecule has 0 spiro atoms. The Bertz CT molecular complexity index is 681. The van der Waals surface area contributed by atoms with E-state index < -0.39 is 16.8 Å². The monoisotopic (exact) mass is 392 g/mol. The summed E-state index contributed by atoms with van der Waals surface area (Å²) in [5.41, 5.74) is 1.97. The summed E-state index contributed by atoms with van der Waals surface area (Å²) in [6.07, 6.45) is 3.73. The van der Waals surface area contributed by atoms with Crippen molar-refractivity contribution < 1.29 is 19.3 Å². The van der Waals surface area contributed by atoms with Crippen molar-refractivity contribution in [2.75, 3.05) is 0 Å². The molecule has 1 unspecified atom stereocenters. The zero-order valence-corrected chi connectivity index (χ0v) is 18.4. The molecule has 1 aromatic carbocycles. The largest absolute Gasteiger partial charge is 0.481 e. The predicted molar refractivity (Wildman–Crippen MR) is 110 cm³/mol. The van der Waals surface area contributed by atoms with Gasteiger partial charge in [0.15, 0.2) is 5.78 Å². The van der Waals surface area contributed by atoms with Crippen molar-refractivity contribution in [3.05, 3.63) is 34.4 Å². The lowest BCUT2D eigenvalue weighted by Gasteiger charge is -2.44. The highest BCUT2D eigenvalue weighted by Crippen LogP contribution is 2.56. The third-order valence-electron chi connectivity index (χ3n) is 6.14. The van der Waals surface area contributed by atoms with E-state index in [-0.39, 0.29) is 11.7 Å². The SMILES string of the molecule is Cc1cc(C)c(C(=O)C2(C(C)(CC(C)C)C(=O)O)CCCC2)c(C)c1.O=P. The van der Waals surface area contributed by atoms with Crippen LogP contribution in [0.3, 0.4) is 0 Å². The summed E-state index contributed by atoms with van der Waals surface area (Å²) in [5, 5.41) is 10.1. The summed E-state index contributed by atoms with van der Waals surface area (Å²) in [5.74, 6) is -0.559. The van der Waals surface area contributed by atoms with Gasteiger partial charge in [0.1, 0.15) is 9.12 Å². The van der Waals surface area contributed by atoms with Crippen LogP contribution in [0.2, 0.25) is 0 Å². The fourth-order valence-corrected chi connectivity index (χ4v) is 5.09. The van der Waals surface area contributed by atoms with Crippen molar-refractivity contribution in [3.8, 4) is 0 Å². The highest BCUT2D eigenvalue weighted by atomic mass is 31.0. The van der Waals surface area contributed by atoms with Crippen molar-refractivity contribution in [2.24, 2.45) is 16.7 Å². The first-order valence-electron chi connectivity index (χ1n) is 9.61. The molecule has 5 heteroatoms. The van der Waals surface area contributed by atoms with Crippen molar-refractivity contribution in [2.45, 2.75) is 73.6 Å². The number of carboxylic acids is 1. The highest BCUT2D eigenvalue weighted by Gasteiger charge is 2.59. The number of carboxylic acid groups (broad SMARTS) is 1. The molecule has 4 nitrogen and oxygen atoms in total. The van der Waals surface area contributed by atoms with Crippen molar-refractivity contribution in [1.82, 2.24) is 0 Å². The molecular weight excluding hydrogens is 359 g/mol. The van der Waals surface area contributed by atoms with E-state index in [2.05, 4.69) is 0 Å². The maximum Gasteiger partial charge on any atom is 0.310 e. The number of carbonyl (C=O) groups is 2. The van der Waals surface area contributed by atoms with E-state index >= 15 is 0 Å². The molecule has 1 atom stereocenters. The average Bonchev–Trinajstić information content (AvgIpc) is 3.06. The van der Waals surface area contributed by atoms with Gasteiger partial charge in [-0.3, -0.25) is 14.2 Å². The third-order valence-corrected chi connectivity index (χ3v) is 6.14. The minimum Gasteiger partial charge on any atom is -0.481 e. The van der Waals surface area contributed by atoms with E-state index in [4.69, 9.17) is 4.57 Å². The van der Waals surface area contributed by atoms with Crippen LogP contribution in [0.25, 0.3) is 0 Å². The Morgan fingerprint density at radius 3 is 1.93 bits per heavy atom. The summed E-state index contributed by atoms with van der Waals surface area (Å²) >= 11 is 0. The predicted octanol–water partition coefficient (Wildman–Crippen LogP) is 5.97. The van der Waals surface area contributed by atoms with Crippen LogP contribution in [0.4, 0.5) is 0 Å². The summed E-state index contributed by atoms with van der Waals surface area (Å²) in [6, 6.07) is 4.06. The Morgan fingerprint density at radius 1 is 1.11 bits per heavy atom. The number of ketones is 1. The Morgan fingerprint density at radius 2 is 1.56 bits per heavy atom. The fourth-order valence-electron chi connectivity index (χ4n) is 5.09. The van der Waals surface area contributed by atoms with Crippen molar-refractivity contribution >= 4 is 20.9 Å². The van der Waals surface area contributed by atoms with E-state index in [9.17, 15) is 14.7 Å². The van der Waals surface area contributed by atoms with Gasteiger partial charge in [0.05, 0.1) is 5.41 Å². The topological polar surface area (TPSA) is 71.4 Å². The molecule has 0 aromatic heterocycles. The van der Waals surface area contributed by atoms with E-state index in [0.29, 0.717) is 19.3 Å². The van der Waals surface area contributed by atoms with Gasteiger partial charge >= 0.3 is 5.97 Å². The summed E-state index contributed by atoms with van der Waals surface area (Å²) < 4.78 is 8.06. The van der Waals surface area contributed by atoms with Crippen LogP contribution in [-0.2, 0) is 9.36 Å². The Labute approximate surface area is 165 Å². The number of hydrogen-bond donors (Lipinski definition) is 1. The first-order chi connectivity index (χ1) is 12.5. The first kappa shape index (κ1) is 23.5. The average molecular weight is 392 g/mol. The molecule has 1 N–H and O–H groups in total. The quantitative estimate of drug-likeness (QED) is 0.478. The zero-order chi connectivity index (χ0) is 21.0. The molecule has 0 radical (unpaired) electrons. The fraction of sp³-hybridized carbons (Fsp3) is 0.636. The maximum atomic E-state index is 13.8. The molecule has 0 heterocycles. The molecule has 0 amide bonds. The third kappa shape index (κ3) is 4.32. The number of aliphatic carboxylic acids is 1. The molecule has 1 aromatic rings. The Kier molecular flexibility index (Phi) is 7.92. The van der Waals surface area contributed by atoms with Gasteiger partial charge in [0.25, 0.3) is 0 Å². The first-order valence-corrected chi connectivity index (χ1v) is 10.0. The number of benzene rings is 1. The lowest BCUT2D eigenvalue weighted by atomic mass is 9.56. The van der Waals surface area contributed by atoms with Gasteiger partial charge in [0, 0.05) is 11.0 Å². The number of hydrogen-bond acceptors (Lipinski definition) is 3. The van der Waals surface area contributed by atoms with Gasteiger partial charge in [0.2, 0.25) is 0 Å². The van der Waals surface area contributed by atoms with Gasteiger partial charge < -0.3 is 5.11 Å². The minimum absolute atomic E-state index is 0.0468. The second kappa shape index (κ2) is 9.10. The summed E-state index contributed by atoms with van der Waals surface area (Å²) in [7, 11) is 1.72. The van der Waals surface area contributed by atoms with Crippen LogP contribution in [0, 0.1) is 37.5 Å². The maximum absolute atomic E-state index is 13.8. The molecule has 0 bridgehead atoms. The van der Waals surface area contributed by atoms with Crippen molar-refractivity contribution in [3.63, 3.8) is 0 Å². The lowest BCUT2D eigenvalue weighted by Crippen LogP contribution is -2.50. The van der Waals surface area contributed by atoms with Gasteiger partial charge in [-0.1, -0.05) is 44.4 Å². The summed E-state index contributed by atoms with van der Waals surface area (Å²) in [4.78, 5) is 26.1. The molecule has 2 rings (SSSR count). The molecule has 0 saturated heterocycles. The number of carbonyl (C=O) groups excluding carboxylic acids is 1. The normalized spacial score (nSPS) is 17.7.